The summed E-state index contributed by atoms with van der Waals surface area (Å²) in [6.07, 6.45) is 0. The van der Waals surface area contributed by atoms with E-state index < -0.39 is 0 Å². The molecule has 0 atom stereocenters. The molecule has 0 aliphatic rings. The first-order valence-corrected chi connectivity index (χ1v) is 22.6. The van der Waals surface area contributed by atoms with Crippen molar-refractivity contribution in [2.75, 3.05) is 0 Å². The molecule has 0 unspecified atom stereocenters. The van der Waals surface area contributed by atoms with E-state index >= 15 is 0 Å². The van der Waals surface area contributed by atoms with Gasteiger partial charge in [0.05, 0.1) is 0 Å². The van der Waals surface area contributed by atoms with Gasteiger partial charge in [-0.1, -0.05) is 212 Å². The number of aromatic nitrogens is 3. The molecule has 0 aliphatic heterocycles. The lowest BCUT2D eigenvalue weighted by Gasteiger charge is -2.13. The van der Waals surface area contributed by atoms with Crippen molar-refractivity contribution in [2.45, 2.75) is 0 Å². The van der Waals surface area contributed by atoms with Crippen LogP contribution in [-0.4, -0.2) is 15.0 Å². The predicted octanol–water partition coefficient (Wildman–Crippen LogP) is 16.8. The van der Waals surface area contributed by atoms with E-state index in [4.69, 9.17) is 19.4 Å². The Morgan fingerprint density at radius 2 is 0.612 bits per heavy atom. The van der Waals surface area contributed by atoms with Gasteiger partial charge in [-0.15, -0.1) is 0 Å². The second-order valence-electron chi connectivity index (χ2n) is 16.8. The van der Waals surface area contributed by atoms with Crippen molar-refractivity contribution < 1.29 is 4.42 Å². The summed E-state index contributed by atoms with van der Waals surface area (Å²) in [4.78, 5) is 16.0. The highest BCUT2D eigenvalue weighted by atomic mass is 16.3. The Labute approximate surface area is 389 Å². The van der Waals surface area contributed by atoms with Gasteiger partial charge < -0.3 is 4.42 Å². The van der Waals surface area contributed by atoms with Crippen LogP contribution in [0.25, 0.3) is 123 Å². The van der Waals surface area contributed by atoms with Crippen LogP contribution in [-0.2, 0) is 0 Å². The zero-order chi connectivity index (χ0) is 44.5. The second kappa shape index (κ2) is 17.2. The van der Waals surface area contributed by atoms with Crippen molar-refractivity contribution in [1.82, 2.24) is 15.0 Å². The van der Waals surface area contributed by atoms with Crippen molar-refractivity contribution >= 4 is 21.9 Å². The Kier molecular flexibility index (Phi) is 10.2. The molecule has 0 aliphatic carbocycles. The van der Waals surface area contributed by atoms with Crippen molar-refractivity contribution in [2.24, 2.45) is 0 Å². The van der Waals surface area contributed by atoms with Crippen molar-refractivity contribution in [3.05, 3.63) is 249 Å². The molecular weight excluding hydrogens is 815 g/mol. The van der Waals surface area contributed by atoms with Gasteiger partial charge in [0.2, 0.25) is 0 Å². The number of nitrogens with zero attached hydrogens (tertiary/aromatic N) is 3. The lowest BCUT2D eigenvalue weighted by Crippen LogP contribution is -2.01. The molecule has 314 valence electrons. The fourth-order valence-electron chi connectivity index (χ4n) is 9.18. The zero-order valence-corrected chi connectivity index (χ0v) is 36.4. The van der Waals surface area contributed by atoms with Crippen LogP contribution in [0.4, 0.5) is 0 Å². The van der Waals surface area contributed by atoms with Crippen LogP contribution < -0.4 is 0 Å². The van der Waals surface area contributed by atoms with Gasteiger partial charge in [-0.25, -0.2) is 15.0 Å². The Hall–Kier alpha value is -8.99. The SMILES string of the molecule is c1ccc(-c2cccc(-c3ccc(-c4nc(-c5cc(-c6ccccc6)cc(-c6ccccc6)c5)nc(-c5cccc6oc7c(-c8cccc(-c9ccccc9)c8)cccc7c56)n4)cc3)c2)cc1. The third-order valence-corrected chi connectivity index (χ3v) is 12.5. The lowest BCUT2D eigenvalue weighted by atomic mass is 9.95. The number of rotatable bonds is 9. The van der Waals surface area contributed by atoms with Crippen LogP contribution in [0.2, 0.25) is 0 Å². The number of hydrogen-bond donors (Lipinski definition) is 0. The van der Waals surface area contributed by atoms with E-state index in [0.29, 0.717) is 17.5 Å². The average Bonchev–Trinajstić information content (AvgIpc) is 3.81. The van der Waals surface area contributed by atoms with Crippen LogP contribution in [0.3, 0.4) is 0 Å². The van der Waals surface area contributed by atoms with E-state index in [1.165, 1.54) is 16.7 Å². The van der Waals surface area contributed by atoms with E-state index in [-0.39, 0.29) is 0 Å². The van der Waals surface area contributed by atoms with Gasteiger partial charge in [0, 0.05) is 33.0 Å². The number of para-hydroxylation sites is 1. The zero-order valence-electron chi connectivity index (χ0n) is 36.4. The number of fused-ring (bicyclic) bond motifs is 3. The summed E-state index contributed by atoms with van der Waals surface area (Å²) >= 11 is 0. The molecule has 0 saturated heterocycles. The van der Waals surface area contributed by atoms with Crippen molar-refractivity contribution in [3.8, 4) is 101 Å². The lowest BCUT2D eigenvalue weighted by molar-refractivity contribution is 0.670. The molecule has 2 aromatic heterocycles. The number of hydrogen-bond acceptors (Lipinski definition) is 4. The van der Waals surface area contributed by atoms with Gasteiger partial charge in [-0.2, -0.15) is 0 Å². The first-order valence-electron chi connectivity index (χ1n) is 22.6. The molecule has 0 spiro atoms. The maximum Gasteiger partial charge on any atom is 0.164 e. The van der Waals surface area contributed by atoms with Crippen LogP contribution in [0.15, 0.2) is 253 Å². The second-order valence-corrected chi connectivity index (χ2v) is 16.8. The average molecular weight is 856 g/mol. The monoisotopic (exact) mass is 855 g/mol. The summed E-state index contributed by atoms with van der Waals surface area (Å²) in [6, 6.07) is 87.0. The van der Waals surface area contributed by atoms with Crippen molar-refractivity contribution in [3.63, 3.8) is 0 Å². The fraction of sp³-hybridized carbons (Fsp3) is 0. The molecule has 4 heteroatoms. The predicted molar refractivity (Wildman–Crippen MR) is 276 cm³/mol. The molecule has 0 amide bonds. The Bertz CT molecular complexity index is 3660. The Balaban J connectivity index is 1.03. The topological polar surface area (TPSA) is 51.8 Å². The molecule has 2 heterocycles. The molecular formula is C63H41N3O. The molecule has 12 aromatic rings. The first-order chi connectivity index (χ1) is 33.2. The smallest absolute Gasteiger partial charge is 0.164 e. The molecule has 0 saturated carbocycles. The highest BCUT2D eigenvalue weighted by molar-refractivity contribution is 6.15. The number of furan rings is 1. The quantitative estimate of drug-likeness (QED) is 0.145. The highest BCUT2D eigenvalue weighted by Gasteiger charge is 2.21. The van der Waals surface area contributed by atoms with Gasteiger partial charge >= 0.3 is 0 Å². The van der Waals surface area contributed by atoms with Crippen LogP contribution in [0.5, 0.6) is 0 Å². The van der Waals surface area contributed by atoms with E-state index in [9.17, 15) is 0 Å². The Morgan fingerprint density at radius 3 is 1.18 bits per heavy atom. The molecule has 67 heavy (non-hydrogen) atoms. The summed E-state index contributed by atoms with van der Waals surface area (Å²) in [5.74, 6) is 1.73. The van der Waals surface area contributed by atoms with E-state index in [1.54, 1.807) is 0 Å². The van der Waals surface area contributed by atoms with Crippen LogP contribution in [0.1, 0.15) is 0 Å². The molecule has 0 bridgehead atoms. The van der Waals surface area contributed by atoms with Crippen LogP contribution >= 0.6 is 0 Å². The Morgan fingerprint density at radius 1 is 0.239 bits per heavy atom. The van der Waals surface area contributed by atoms with Gasteiger partial charge in [-0.05, 0) is 97.6 Å². The minimum Gasteiger partial charge on any atom is -0.455 e. The molecule has 0 N–H and O–H groups in total. The highest BCUT2D eigenvalue weighted by Crippen LogP contribution is 2.42. The summed E-state index contributed by atoms with van der Waals surface area (Å²) < 4.78 is 6.83. The summed E-state index contributed by atoms with van der Waals surface area (Å²) in [5.41, 5.74) is 17.7. The van der Waals surface area contributed by atoms with E-state index in [1.807, 2.05) is 36.4 Å². The molecule has 12 rings (SSSR count). The van der Waals surface area contributed by atoms with Gasteiger partial charge in [-0.3, -0.25) is 0 Å². The minimum absolute atomic E-state index is 0.566. The van der Waals surface area contributed by atoms with E-state index in [2.05, 4.69) is 212 Å². The molecule has 0 radical (unpaired) electrons. The summed E-state index contributed by atoms with van der Waals surface area (Å²) in [7, 11) is 0. The molecule has 0 fully saturated rings. The summed E-state index contributed by atoms with van der Waals surface area (Å²) in [5, 5.41) is 1.95. The molecule has 10 aromatic carbocycles. The van der Waals surface area contributed by atoms with Gasteiger partial charge in [0.1, 0.15) is 11.2 Å². The third kappa shape index (κ3) is 7.77. The van der Waals surface area contributed by atoms with E-state index in [0.717, 1.165) is 88.7 Å². The maximum absolute atomic E-state index is 6.83. The molecule has 4 nitrogen and oxygen atoms in total. The number of benzene rings is 10. The van der Waals surface area contributed by atoms with Gasteiger partial charge in [0.15, 0.2) is 17.5 Å². The normalized spacial score (nSPS) is 11.3. The van der Waals surface area contributed by atoms with Crippen molar-refractivity contribution in [1.29, 1.82) is 0 Å². The standard InChI is InChI=1S/C63H41N3O/c1-5-17-42(18-6-1)48-25-13-26-49(37-48)46-33-35-47(36-34-46)61-64-62(54-40-52(44-21-9-3-10-22-44)39-53(41-54)45-23-11-4-12-24-45)66-63(65-61)57-31-16-32-58-59(57)56-30-15-29-55(60(56)67-58)51-28-14-27-50(38-51)43-19-7-2-8-20-43/h1-41H. The van der Waals surface area contributed by atoms with Gasteiger partial charge in [0.25, 0.3) is 0 Å². The largest absolute Gasteiger partial charge is 0.455 e. The fourth-order valence-corrected chi connectivity index (χ4v) is 9.18. The maximum atomic E-state index is 6.83. The van der Waals surface area contributed by atoms with Crippen LogP contribution in [0, 0.1) is 0 Å². The third-order valence-electron chi connectivity index (χ3n) is 12.5. The summed E-state index contributed by atoms with van der Waals surface area (Å²) in [6.45, 7) is 0. The first kappa shape index (κ1) is 39.6. The minimum atomic E-state index is 0.566.